The maximum atomic E-state index is 14.1. The highest BCUT2D eigenvalue weighted by Crippen LogP contribution is 2.66. The zero-order chi connectivity index (χ0) is 26.1. The van der Waals surface area contributed by atoms with E-state index in [1.54, 1.807) is 0 Å². The predicted octanol–water partition coefficient (Wildman–Crippen LogP) is 7.87. The Hall–Kier alpha value is -1.06. The number of carbonyl (C=O) groups is 2. The van der Waals surface area contributed by atoms with Crippen molar-refractivity contribution in [3.05, 3.63) is 0 Å². The van der Waals surface area contributed by atoms with Gasteiger partial charge in [-0.2, -0.15) is 0 Å². The van der Waals surface area contributed by atoms with Crippen LogP contribution in [0.15, 0.2) is 0 Å². The zero-order valence-corrected chi connectivity index (χ0v) is 24.2. The molecule has 0 aromatic rings. The second-order valence-corrected chi connectivity index (χ2v) is 15.1. The molecule has 8 aliphatic rings. The van der Waals surface area contributed by atoms with Gasteiger partial charge in [0, 0.05) is 11.8 Å². The fourth-order valence-electron chi connectivity index (χ4n) is 10.3. The van der Waals surface area contributed by atoms with Crippen molar-refractivity contribution in [3.8, 4) is 0 Å². The summed E-state index contributed by atoms with van der Waals surface area (Å²) in [7, 11) is 0. The minimum Gasteiger partial charge on any atom is -0.459 e. The van der Waals surface area contributed by atoms with Crippen molar-refractivity contribution in [2.24, 2.45) is 45.8 Å². The molecule has 0 spiro atoms. The molecular formula is C32H52O4. The van der Waals surface area contributed by atoms with Gasteiger partial charge in [0.2, 0.25) is 0 Å². The molecule has 2 atom stereocenters. The maximum Gasteiger partial charge on any atom is 0.312 e. The lowest BCUT2D eigenvalue weighted by Gasteiger charge is -2.63. The molecule has 2 unspecified atom stereocenters. The highest BCUT2D eigenvalue weighted by Gasteiger charge is 2.65. The van der Waals surface area contributed by atoms with Crippen molar-refractivity contribution in [2.45, 2.75) is 143 Å². The molecule has 36 heavy (non-hydrogen) atoms. The molecule has 8 fully saturated rings. The van der Waals surface area contributed by atoms with E-state index >= 15 is 0 Å². The van der Waals surface area contributed by atoms with Gasteiger partial charge >= 0.3 is 11.9 Å². The number of ether oxygens (including phenoxy) is 2. The SMILES string of the molecule is CC.CCC(C)(C)C(=O)OC12CC3CC(C1)CC(C(=O)OC(C)(C)C14CC5CC(CC(C5)C1)C4)(C3)C2. The third-order valence-corrected chi connectivity index (χ3v) is 11.8. The molecule has 8 rings (SSSR count). The molecular weight excluding hydrogens is 448 g/mol. The molecule has 0 aromatic heterocycles. The first-order valence-electron chi connectivity index (χ1n) is 15.3. The lowest BCUT2D eigenvalue weighted by Crippen LogP contribution is -2.62. The number of carbonyl (C=O) groups excluding carboxylic acids is 2. The van der Waals surface area contributed by atoms with Gasteiger partial charge in [-0.3, -0.25) is 9.59 Å². The van der Waals surface area contributed by atoms with Crippen LogP contribution < -0.4 is 0 Å². The molecule has 204 valence electrons. The summed E-state index contributed by atoms with van der Waals surface area (Å²) in [6.45, 7) is 14.4. The molecule has 0 aromatic carbocycles. The first-order valence-corrected chi connectivity index (χ1v) is 15.3. The number of hydrogen-bond donors (Lipinski definition) is 0. The summed E-state index contributed by atoms with van der Waals surface area (Å²) in [5, 5.41) is 0. The van der Waals surface area contributed by atoms with Gasteiger partial charge in [0.1, 0.15) is 11.2 Å². The highest BCUT2D eigenvalue weighted by atomic mass is 16.6. The van der Waals surface area contributed by atoms with Crippen LogP contribution in [-0.4, -0.2) is 23.1 Å². The van der Waals surface area contributed by atoms with Crippen LogP contribution in [0.5, 0.6) is 0 Å². The van der Waals surface area contributed by atoms with E-state index in [0.717, 1.165) is 49.9 Å². The van der Waals surface area contributed by atoms with Crippen molar-refractivity contribution < 1.29 is 19.1 Å². The van der Waals surface area contributed by atoms with Crippen molar-refractivity contribution in [3.63, 3.8) is 0 Å². The first-order chi connectivity index (χ1) is 16.9. The fraction of sp³-hybridized carbons (Fsp3) is 0.938. The summed E-state index contributed by atoms with van der Waals surface area (Å²) in [5.41, 5.74) is -1.65. The van der Waals surface area contributed by atoms with E-state index in [-0.39, 0.29) is 17.4 Å². The summed E-state index contributed by atoms with van der Waals surface area (Å²) in [6, 6.07) is 0. The largest absolute Gasteiger partial charge is 0.459 e. The van der Waals surface area contributed by atoms with Gasteiger partial charge in [0.25, 0.3) is 0 Å². The van der Waals surface area contributed by atoms with Gasteiger partial charge in [-0.25, -0.2) is 0 Å². The Morgan fingerprint density at radius 1 is 0.750 bits per heavy atom. The Labute approximate surface area is 220 Å². The summed E-state index contributed by atoms with van der Waals surface area (Å²) in [4.78, 5) is 27.2. The molecule has 0 aliphatic heterocycles. The maximum absolute atomic E-state index is 14.1. The monoisotopic (exact) mass is 500 g/mol. The molecule has 0 saturated heterocycles. The third-order valence-electron chi connectivity index (χ3n) is 11.8. The molecule has 0 amide bonds. The van der Waals surface area contributed by atoms with Crippen molar-refractivity contribution in [2.75, 3.05) is 0 Å². The van der Waals surface area contributed by atoms with Crippen molar-refractivity contribution in [1.29, 1.82) is 0 Å². The minimum absolute atomic E-state index is 0.0255. The second kappa shape index (κ2) is 8.73. The van der Waals surface area contributed by atoms with E-state index in [2.05, 4.69) is 13.8 Å². The van der Waals surface area contributed by atoms with Gasteiger partial charge in [-0.15, -0.1) is 0 Å². The zero-order valence-electron chi connectivity index (χ0n) is 24.2. The highest BCUT2D eigenvalue weighted by molar-refractivity contribution is 5.79. The van der Waals surface area contributed by atoms with Gasteiger partial charge in [-0.05, 0) is 134 Å². The lowest BCUT2D eigenvalue weighted by atomic mass is 9.45. The van der Waals surface area contributed by atoms with Crippen molar-refractivity contribution >= 4 is 11.9 Å². The van der Waals surface area contributed by atoms with E-state index in [1.807, 2.05) is 34.6 Å². The van der Waals surface area contributed by atoms with Crippen LogP contribution in [0.4, 0.5) is 0 Å². The van der Waals surface area contributed by atoms with Crippen LogP contribution in [0.2, 0.25) is 0 Å². The molecule has 8 bridgehead atoms. The second-order valence-electron chi connectivity index (χ2n) is 15.1. The Balaban J connectivity index is 0.00000130. The number of esters is 2. The van der Waals surface area contributed by atoms with Crippen LogP contribution in [0.3, 0.4) is 0 Å². The molecule has 8 aliphatic carbocycles. The summed E-state index contributed by atoms with van der Waals surface area (Å²) < 4.78 is 13.0. The standard InChI is InChI=1S/C30H46O4.C2H6/c1-6-26(2,3)24(31)34-30-16-22-10-23(17-30)12-28(11-22,18-30)25(32)33-27(4,5)29-13-19-7-20(14-29)9-21(8-19)15-29;1-2/h19-23H,6-18H2,1-5H3;1-2H3. The Bertz CT molecular complexity index is 833. The van der Waals surface area contributed by atoms with Crippen LogP contribution in [-0.2, 0) is 19.1 Å². The van der Waals surface area contributed by atoms with E-state index < -0.39 is 22.0 Å². The normalized spacial score (nSPS) is 44.1. The van der Waals surface area contributed by atoms with Gasteiger partial charge in [0.05, 0.1) is 10.8 Å². The first kappa shape index (κ1) is 26.5. The topological polar surface area (TPSA) is 52.6 Å². The lowest BCUT2D eigenvalue weighted by molar-refractivity contribution is -0.235. The Morgan fingerprint density at radius 3 is 1.69 bits per heavy atom. The van der Waals surface area contributed by atoms with E-state index in [4.69, 9.17) is 9.47 Å². The Kier molecular flexibility index (Phi) is 6.44. The minimum atomic E-state index is -0.475. The molecule has 0 N–H and O–H groups in total. The van der Waals surface area contributed by atoms with E-state index in [1.165, 1.54) is 44.9 Å². The van der Waals surface area contributed by atoms with Crippen molar-refractivity contribution in [1.82, 2.24) is 0 Å². The van der Waals surface area contributed by atoms with Gasteiger partial charge < -0.3 is 9.47 Å². The number of rotatable bonds is 6. The molecule has 4 heteroatoms. The summed E-state index contributed by atoms with van der Waals surface area (Å²) in [6.07, 6.45) is 14.3. The van der Waals surface area contributed by atoms with Crippen LogP contribution in [0, 0.1) is 45.8 Å². The third kappa shape index (κ3) is 4.15. The van der Waals surface area contributed by atoms with E-state index in [0.29, 0.717) is 18.3 Å². The summed E-state index contributed by atoms with van der Waals surface area (Å²) >= 11 is 0. The summed E-state index contributed by atoms with van der Waals surface area (Å²) in [5.74, 6) is 3.42. The van der Waals surface area contributed by atoms with Crippen LogP contribution in [0.25, 0.3) is 0 Å². The molecule has 0 radical (unpaired) electrons. The fourth-order valence-corrected chi connectivity index (χ4v) is 10.3. The van der Waals surface area contributed by atoms with E-state index in [9.17, 15) is 9.59 Å². The average Bonchev–Trinajstić information content (AvgIpc) is 2.78. The predicted molar refractivity (Wildman–Crippen MR) is 142 cm³/mol. The van der Waals surface area contributed by atoms with Gasteiger partial charge in [-0.1, -0.05) is 20.8 Å². The van der Waals surface area contributed by atoms with Gasteiger partial charge in [0.15, 0.2) is 0 Å². The van der Waals surface area contributed by atoms with Crippen LogP contribution >= 0.6 is 0 Å². The average molecular weight is 501 g/mol. The molecule has 4 nitrogen and oxygen atoms in total. The molecule has 0 heterocycles. The quantitative estimate of drug-likeness (QED) is 0.348. The smallest absolute Gasteiger partial charge is 0.312 e. The van der Waals surface area contributed by atoms with Crippen LogP contribution in [0.1, 0.15) is 132 Å². The molecule has 8 saturated carbocycles. The number of hydrogen-bond acceptors (Lipinski definition) is 4. The Morgan fingerprint density at radius 2 is 1.22 bits per heavy atom.